The van der Waals surface area contributed by atoms with E-state index in [1.807, 2.05) is 11.9 Å². The number of nitrogens with zero attached hydrogens (tertiary/aromatic N) is 1. The van der Waals surface area contributed by atoms with Crippen molar-refractivity contribution in [2.75, 3.05) is 12.4 Å². The Morgan fingerprint density at radius 1 is 1.09 bits per heavy atom. The van der Waals surface area contributed by atoms with Crippen molar-refractivity contribution < 1.29 is 9.59 Å². The Labute approximate surface area is 207 Å². The number of likely N-dealkylation sites (tertiary alicyclic amines) is 1. The summed E-state index contributed by atoms with van der Waals surface area (Å²) in [7, 11) is 1.96. The fourth-order valence-corrected chi connectivity index (χ4v) is 8.86. The molecule has 3 fully saturated rings. The van der Waals surface area contributed by atoms with Crippen molar-refractivity contribution in [3.8, 4) is 0 Å². The Kier molecular flexibility index (Phi) is 5.64. The predicted octanol–water partition coefficient (Wildman–Crippen LogP) is 6.93. The van der Waals surface area contributed by atoms with Gasteiger partial charge in [0.1, 0.15) is 0 Å². The van der Waals surface area contributed by atoms with Crippen molar-refractivity contribution in [2.24, 2.45) is 34.5 Å². The van der Waals surface area contributed by atoms with Gasteiger partial charge in [0.05, 0.1) is 15.7 Å². The zero-order valence-electron chi connectivity index (χ0n) is 20.0. The summed E-state index contributed by atoms with van der Waals surface area (Å²) >= 11 is 12.7. The standard InChI is InChI=1S/C27H34Cl2N2O2/c1-15-14-16-17-8-9-19(25(33)30-23-20(28)6-5-7-21(23)29)26(17,2)12-10-18(16)27(3)13-11-22(32)31(4)24(15)27/h5-7,16-19H,8-14H2,1-4H3,(H,30,33)/t16-,17-,18+,19?,26-,27+/m0/s1. The molecule has 2 saturated carbocycles. The molecule has 6 heteroatoms. The zero-order valence-corrected chi connectivity index (χ0v) is 21.5. The molecule has 1 aromatic rings. The summed E-state index contributed by atoms with van der Waals surface area (Å²) in [5.74, 6) is 1.92. The third-order valence-corrected chi connectivity index (χ3v) is 10.5. The number of hydrogen-bond acceptors (Lipinski definition) is 2. The minimum Gasteiger partial charge on any atom is -0.323 e. The van der Waals surface area contributed by atoms with Crippen molar-refractivity contribution in [1.82, 2.24) is 4.90 Å². The summed E-state index contributed by atoms with van der Waals surface area (Å²) in [6, 6.07) is 5.31. The van der Waals surface area contributed by atoms with E-state index in [1.54, 1.807) is 18.2 Å². The lowest BCUT2D eigenvalue weighted by atomic mass is 9.48. The lowest BCUT2D eigenvalue weighted by Crippen LogP contribution is -2.54. The Balaban J connectivity index is 1.43. The molecule has 4 nitrogen and oxygen atoms in total. The highest BCUT2D eigenvalue weighted by Gasteiger charge is 2.61. The zero-order chi connectivity index (χ0) is 23.7. The van der Waals surface area contributed by atoms with Gasteiger partial charge in [-0.1, -0.05) is 48.7 Å². The first-order valence-electron chi connectivity index (χ1n) is 12.3. The second-order valence-corrected chi connectivity index (χ2v) is 12.2. The van der Waals surface area contributed by atoms with Crippen molar-refractivity contribution in [1.29, 1.82) is 0 Å². The number of allylic oxidation sites excluding steroid dienone is 2. The molecule has 178 valence electrons. The summed E-state index contributed by atoms with van der Waals surface area (Å²) < 4.78 is 0. The van der Waals surface area contributed by atoms with E-state index >= 15 is 0 Å². The van der Waals surface area contributed by atoms with Crippen LogP contribution in [0.5, 0.6) is 0 Å². The summed E-state index contributed by atoms with van der Waals surface area (Å²) in [4.78, 5) is 27.9. The molecule has 6 atom stereocenters. The molecule has 1 aliphatic heterocycles. The maximum atomic E-state index is 13.5. The summed E-state index contributed by atoms with van der Waals surface area (Å²) in [6.45, 7) is 6.96. The SMILES string of the molecule is CC1=C2N(C)C(=O)CC[C@]2(C)[C@@H]2CC[C@]3(C)C(C(=O)Nc4c(Cl)cccc4Cl)CC[C@H]3[C@@H]2C1. The molecular weight excluding hydrogens is 455 g/mol. The van der Waals surface area contributed by atoms with Gasteiger partial charge in [-0.25, -0.2) is 0 Å². The highest BCUT2D eigenvalue weighted by Crippen LogP contribution is 2.67. The van der Waals surface area contributed by atoms with Crippen LogP contribution in [0.4, 0.5) is 5.69 Å². The van der Waals surface area contributed by atoms with Crippen LogP contribution in [0.3, 0.4) is 0 Å². The Morgan fingerprint density at radius 2 is 1.79 bits per heavy atom. The number of piperidine rings is 1. The Morgan fingerprint density at radius 3 is 2.48 bits per heavy atom. The summed E-state index contributed by atoms with van der Waals surface area (Å²) in [5, 5.41) is 4.02. The van der Waals surface area contributed by atoms with E-state index in [4.69, 9.17) is 23.2 Å². The molecule has 1 heterocycles. The molecule has 0 radical (unpaired) electrons. The third kappa shape index (κ3) is 3.38. The first kappa shape index (κ1) is 23.2. The van der Waals surface area contributed by atoms with E-state index < -0.39 is 0 Å². The Hall–Kier alpha value is -1.52. The van der Waals surface area contributed by atoms with Gasteiger partial charge in [0.25, 0.3) is 0 Å². The van der Waals surface area contributed by atoms with Gasteiger partial charge in [-0.3, -0.25) is 9.59 Å². The number of halogens is 2. The van der Waals surface area contributed by atoms with Crippen LogP contribution < -0.4 is 5.32 Å². The minimum absolute atomic E-state index is 0.0243. The fraction of sp³-hybridized carbons (Fsp3) is 0.630. The van der Waals surface area contributed by atoms with Gasteiger partial charge in [0.15, 0.2) is 0 Å². The maximum absolute atomic E-state index is 13.5. The topological polar surface area (TPSA) is 49.4 Å². The second kappa shape index (κ2) is 8.02. The molecule has 5 rings (SSSR count). The van der Waals surface area contributed by atoms with Gasteiger partial charge < -0.3 is 10.2 Å². The minimum atomic E-state index is -0.0371. The molecule has 0 aromatic heterocycles. The Bertz CT molecular complexity index is 1030. The molecule has 3 aliphatic carbocycles. The quantitative estimate of drug-likeness (QED) is 0.490. The van der Waals surface area contributed by atoms with Gasteiger partial charge in [-0.2, -0.15) is 0 Å². The highest BCUT2D eigenvalue weighted by molar-refractivity contribution is 6.39. The van der Waals surface area contributed by atoms with Crippen LogP contribution in [0, 0.1) is 34.5 Å². The lowest BCUT2D eigenvalue weighted by Gasteiger charge is -2.59. The number of fused-ring (bicyclic) bond motifs is 5. The summed E-state index contributed by atoms with van der Waals surface area (Å²) in [5.41, 5.74) is 3.21. The van der Waals surface area contributed by atoms with Gasteiger partial charge in [0, 0.05) is 30.5 Å². The monoisotopic (exact) mass is 488 g/mol. The smallest absolute Gasteiger partial charge is 0.228 e. The number of para-hydroxylation sites is 1. The molecule has 1 unspecified atom stereocenters. The molecule has 0 spiro atoms. The number of benzene rings is 1. The largest absolute Gasteiger partial charge is 0.323 e. The van der Waals surface area contributed by atoms with Crippen molar-refractivity contribution >= 4 is 40.7 Å². The first-order chi connectivity index (χ1) is 15.6. The fourth-order valence-electron chi connectivity index (χ4n) is 8.37. The predicted molar refractivity (Wildman–Crippen MR) is 133 cm³/mol. The number of carbonyl (C=O) groups excluding carboxylic acids is 2. The number of carbonyl (C=O) groups is 2. The van der Waals surface area contributed by atoms with Gasteiger partial charge >= 0.3 is 0 Å². The molecule has 1 aromatic carbocycles. The number of hydrogen-bond donors (Lipinski definition) is 1. The second-order valence-electron chi connectivity index (χ2n) is 11.3. The molecule has 1 N–H and O–H groups in total. The highest BCUT2D eigenvalue weighted by atomic mass is 35.5. The molecule has 2 amide bonds. The molecule has 33 heavy (non-hydrogen) atoms. The normalized spacial score (nSPS) is 38.0. The first-order valence-corrected chi connectivity index (χ1v) is 13.0. The van der Waals surface area contributed by atoms with Crippen LogP contribution in [0.25, 0.3) is 0 Å². The number of amides is 2. The summed E-state index contributed by atoms with van der Waals surface area (Å²) in [6.07, 6.45) is 6.78. The average Bonchev–Trinajstić information content (AvgIpc) is 3.11. The van der Waals surface area contributed by atoms with E-state index in [9.17, 15) is 9.59 Å². The average molecular weight is 489 g/mol. The van der Waals surface area contributed by atoms with E-state index in [0.717, 1.165) is 38.5 Å². The maximum Gasteiger partial charge on any atom is 0.228 e. The molecular formula is C27H34Cl2N2O2. The van der Waals surface area contributed by atoms with Crippen LogP contribution in [-0.4, -0.2) is 23.8 Å². The number of nitrogens with one attached hydrogen (secondary N) is 1. The van der Waals surface area contributed by atoms with Crippen LogP contribution in [0.15, 0.2) is 29.5 Å². The van der Waals surface area contributed by atoms with Crippen LogP contribution in [-0.2, 0) is 9.59 Å². The van der Waals surface area contributed by atoms with E-state index in [0.29, 0.717) is 39.9 Å². The van der Waals surface area contributed by atoms with Crippen molar-refractivity contribution in [3.63, 3.8) is 0 Å². The lowest BCUT2D eigenvalue weighted by molar-refractivity contribution is -0.137. The van der Waals surface area contributed by atoms with Gasteiger partial charge in [-0.05, 0) is 80.8 Å². The molecule has 4 aliphatic rings. The van der Waals surface area contributed by atoms with E-state index in [-0.39, 0.29) is 28.6 Å². The van der Waals surface area contributed by atoms with Gasteiger partial charge in [-0.15, -0.1) is 0 Å². The van der Waals surface area contributed by atoms with Crippen LogP contribution >= 0.6 is 23.2 Å². The van der Waals surface area contributed by atoms with Gasteiger partial charge in [0.2, 0.25) is 11.8 Å². The van der Waals surface area contributed by atoms with E-state index in [2.05, 4.69) is 26.1 Å². The molecule has 1 saturated heterocycles. The third-order valence-electron chi connectivity index (χ3n) is 9.84. The van der Waals surface area contributed by atoms with Crippen LogP contribution in [0.1, 0.15) is 65.7 Å². The number of rotatable bonds is 2. The van der Waals surface area contributed by atoms with E-state index in [1.165, 1.54) is 11.3 Å². The van der Waals surface area contributed by atoms with Crippen LogP contribution in [0.2, 0.25) is 10.0 Å². The van der Waals surface area contributed by atoms with Crippen molar-refractivity contribution in [3.05, 3.63) is 39.5 Å². The van der Waals surface area contributed by atoms with Crippen molar-refractivity contribution in [2.45, 2.75) is 65.7 Å². The number of anilines is 1. The molecule has 0 bridgehead atoms.